The van der Waals surface area contributed by atoms with Crippen molar-refractivity contribution in [1.82, 2.24) is 4.31 Å². The minimum Gasteiger partial charge on any atom is -0.452 e. The van der Waals surface area contributed by atoms with Crippen LogP contribution in [0.25, 0.3) is 0 Å². The molecule has 0 fully saturated rings. The number of esters is 1. The lowest BCUT2D eigenvalue weighted by atomic mass is 10.0. The number of rotatable bonds is 6. The maximum Gasteiger partial charge on any atom is 0.338 e. The van der Waals surface area contributed by atoms with Crippen molar-refractivity contribution in [2.75, 3.05) is 18.5 Å². The number of amides is 1. The fraction of sp³-hybridized carbons (Fsp3) is 0.167. The first-order valence-electron chi connectivity index (χ1n) is 10.3. The summed E-state index contributed by atoms with van der Waals surface area (Å²) in [5, 5.41) is 2.17. The number of nitrogens with one attached hydrogen (secondary N) is 1. The largest absolute Gasteiger partial charge is 0.452 e. The number of fused-ring (bicyclic) bond motifs is 1. The van der Waals surface area contributed by atoms with Crippen molar-refractivity contribution in [1.29, 1.82) is 0 Å². The average molecular weight is 486 g/mol. The molecule has 176 valence electrons. The summed E-state index contributed by atoms with van der Waals surface area (Å²) in [4.78, 5) is 24.3. The Morgan fingerprint density at radius 3 is 2.50 bits per heavy atom. The number of hydrogen-bond donors (Lipinski definition) is 1. The van der Waals surface area contributed by atoms with Gasteiger partial charge in [-0.3, -0.25) is 4.79 Å². The average Bonchev–Trinajstić information content (AvgIpc) is 2.84. The van der Waals surface area contributed by atoms with Crippen molar-refractivity contribution in [2.45, 2.75) is 17.9 Å². The molecule has 34 heavy (non-hydrogen) atoms. The zero-order chi connectivity index (χ0) is 24.3. The van der Waals surface area contributed by atoms with Crippen LogP contribution >= 0.6 is 0 Å². The van der Waals surface area contributed by atoms with Gasteiger partial charge in [0, 0.05) is 19.2 Å². The van der Waals surface area contributed by atoms with Crippen LogP contribution in [0.4, 0.5) is 14.5 Å². The molecule has 0 aliphatic carbocycles. The number of hydrogen-bond acceptors (Lipinski definition) is 5. The van der Waals surface area contributed by atoms with E-state index in [9.17, 15) is 26.8 Å². The molecule has 3 aromatic carbocycles. The Morgan fingerprint density at radius 1 is 0.971 bits per heavy atom. The highest BCUT2D eigenvalue weighted by molar-refractivity contribution is 7.89. The molecule has 1 aliphatic heterocycles. The Bertz CT molecular complexity index is 1360. The topological polar surface area (TPSA) is 92.8 Å². The van der Waals surface area contributed by atoms with E-state index in [1.807, 2.05) is 24.3 Å². The molecule has 1 amide bonds. The van der Waals surface area contributed by atoms with Crippen LogP contribution < -0.4 is 5.32 Å². The van der Waals surface area contributed by atoms with Gasteiger partial charge in [-0.2, -0.15) is 4.31 Å². The molecule has 0 aromatic heterocycles. The molecular formula is C24H20F2N2O5S. The Balaban J connectivity index is 1.41. The molecule has 1 aliphatic rings. The standard InChI is InChI=1S/C24H20F2N2O5S/c25-19-8-9-22(21(26)13-19)27-23(29)15-33-24(30)17-6-3-7-20(12-17)34(31,32)28-11-10-16-4-1-2-5-18(16)14-28/h1-9,12-13H,10-11,14-15H2,(H,27,29). The Hall–Kier alpha value is -3.63. The van der Waals surface area contributed by atoms with Gasteiger partial charge in [0.25, 0.3) is 5.91 Å². The summed E-state index contributed by atoms with van der Waals surface area (Å²) < 4.78 is 59.2. The number of anilines is 1. The van der Waals surface area contributed by atoms with E-state index in [2.05, 4.69) is 5.32 Å². The van der Waals surface area contributed by atoms with Gasteiger partial charge in [0.05, 0.1) is 16.1 Å². The van der Waals surface area contributed by atoms with E-state index in [0.717, 1.165) is 23.3 Å². The van der Waals surface area contributed by atoms with Crippen LogP contribution in [0, 0.1) is 11.6 Å². The lowest BCUT2D eigenvalue weighted by Gasteiger charge is -2.28. The predicted octanol–water partition coefficient (Wildman–Crippen LogP) is 3.51. The van der Waals surface area contributed by atoms with Crippen molar-refractivity contribution in [2.24, 2.45) is 0 Å². The first kappa shape index (κ1) is 23.5. The molecule has 7 nitrogen and oxygen atoms in total. The molecule has 3 aromatic rings. The highest BCUT2D eigenvalue weighted by Crippen LogP contribution is 2.25. The maximum absolute atomic E-state index is 13.6. The van der Waals surface area contributed by atoms with E-state index in [-0.39, 0.29) is 22.7 Å². The Kier molecular flexibility index (Phi) is 6.71. The number of sulfonamides is 1. The SMILES string of the molecule is O=C(COC(=O)c1cccc(S(=O)(=O)N2CCc3ccccc3C2)c1)Nc1ccc(F)cc1F. The van der Waals surface area contributed by atoms with Gasteiger partial charge in [0.1, 0.15) is 11.6 Å². The predicted molar refractivity (Wildman–Crippen MR) is 119 cm³/mol. The van der Waals surface area contributed by atoms with E-state index in [1.54, 1.807) is 0 Å². The van der Waals surface area contributed by atoms with Crippen LogP contribution in [0.15, 0.2) is 71.6 Å². The van der Waals surface area contributed by atoms with Crippen molar-refractivity contribution in [3.63, 3.8) is 0 Å². The van der Waals surface area contributed by atoms with Crippen LogP contribution in [-0.4, -0.2) is 37.8 Å². The van der Waals surface area contributed by atoms with Crippen molar-refractivity contribution >= 4 is 27.6 Å². The van der Waals surface area contributed by atoms with Crippen LogP contribution in [-0.2, 0) is 32.5 Å². The first-order chi connectivity index (χ1) is 16.2. The summed E-state index contributed by atoms with van der Waals surface area (Å²) in [6, 6.07) is 15.6. The summed E-state index contributed by atoms with van der Waals surface area (Å²) in [6.45, 7) is -0.197. The number of nitrogens with zero attached hydrogens (tertiary/aromatic N) is 1. The second-order valence-electron chi connectivity index (χ2n) is 7.63. The smallest absolute Gasteiger partial charge is 0.338 e. The maximum atomic E-state index is 13.6. The highest BCUT2D eigenvalue weighted by atomic mass is 32.2. The monoisotopic (exact) mass is 486 g/mol. The minimum absolute atomic E-state index is 0.0563. The van der Waals surface area contributed by atoms with E-state index in [0.29, 0.717) is 19.0 Å². The van der Waals surface area contributed by atoms with E-state index >= 15 is 0 Å². The van der Waals surface area contributed by atoms with Gasteiger partial charge in [-0.15, -0.1) is 0 Å². The lowest BCUT2D eigenvalue weighted by molar-refractivity contribution is -0.119. The van der Waals surface area contributed by atoms with Crippen molar-refractivity contribution in [3.8, 4) is 0 Å². The molecule has 0 spiro atoms. The van der Waals surface area contributed by atoms with Gasteiger partial charge < -0.3 is 10.1 Å². The third kappa shape index (κ3) is 5.13. The van der Waals surface area contributed by atoms with Gasteiger partial charge >= 0.3 is 5.97 Å². The third-order valence-electron chi connectivity index (χ3n) is 5.34. The van der Waals surface area contributed by atoms with Crippen LogP contribution in [0.3, 0.4) is 0 Å². The molecule has 0 radical (unpaired) electrons. The van der Waals surface area contributed by atoms with E-state index in [4.69, 9.17) is 4.74 Å². The van der Waals surface area contributed by atoms with Crippen LogP contribution in [0.2, 0.25) is 0 Å². The third-order valence-corrected chi connectivity index (χ3v) is 7.18. The summed E-state index contributed by atoms with van der Waals surface area (Å²) in [6.07, 6.45) is 0.584. The first-order valence-corrected chi connectivity index (χ1v) is 11.8. The summed E-state index contributed by atoms with van der Waals surface area (Å²) in [5.74, 6) is -3.53. The summed E-state index contributed by atoms with van der Waals surface area (Å²) >= 11 is 0. The molecular weight excluding hydrogens is 466 g/mol. The van der Waals surface area contributed by atoms with Gasteiger partial charge in [-0.05, 0) is 47.9 Å². The molecule has 1 N–H and O–H groups in total. The highest BCUT2D eigenvalue weighted by Gasteiger charge is 2.29. The van der Waals surface area contributed by atoms with E-state index < -0.39 is 40.1 Å². The van der Waals surface area contributed by atoms with Gasteiger partial charge in [-0.25, -0.2) is 22.0 Å². The summed E-state index contributed by atoms with van der Waals surface area (Å²) in [5.41, 5.74) is 1.71. The molecule has 0 unspecified atom stereocenters. The van der Waals surface area contributed by atoms with Gasteiger partial charge in [0.15, 0.2) is 6.61 Å². The fourth-order valence-corrected chi connectivity index (χ4v) is 5.06. The van der Waals surface area contributed by atoms with Crippen molar-refractivity contribution in [3.05, 3.63) is 95.1 Å². The molecule has 0 bridgehead atoms. The second-order valence-corrected chi connectivity index (χ2v) is 9.57. The Morgan fingerprint density at radius 2 is 1.74 bits per heavy atom. The van der Waals surface area contributed by atoms with Gasteiger partial charge in [-0.1, -0.05) is 30.3 Å². The molecule has 1 heterocycles. The van der Waals surface area contributed by atoms with Gasteiger partial charge in [0.2, 0.25) is 10.0 Å². The molecule has 4 rings (SSSR count). The fourth-order valence-electron chi connectivity index (χ4n) is 3.60. The second kappa shape index (κ2) is 9.70. The number of benzene rings is 3. The van der Waals surface area contributed by atoms with E-state index in [1.165, 1.54) is 28.6 Å². The molecule has 0 saturated heterocycles. The zero-order valence-electron chi connectivity index (χ0n) is 17.8. The normalized spacial score (nSPS) is 13.7. The number of carbonyl (C=O) groups excluding carboxylic acids is 2. The number of halogens is 2. The number of carbonyl (C=O) groups is 2. The van der Waals surface area contributed by atoms with Crippen molar-refractivity contribution < 1.29 is 31.5 Å². The summed E-state index contributed by atoms with van der Waals surface area (Å²) in [7, 11) is -3.87. The molecule has 10 heteroatoms. The van der Waals surface area contributed by atoms with Crippen LogP contribution in [0.1, 0.15) is 21.5 Å². The Labute approximate surface area is 195 Å². The molecule has 0 saturated carbocycles. The quantitative estimate of drug-likeness (QED) is 0.539. The zero-order valence-corrected chi connectivity index (χ0v) is 18.6. The lowest BCUT2D eigenvalue weighted by Crippen LogP contribution is -2.36. The number of ether oxygens (including phenoxy) is 1. The minimum atomic E-state index is -3.87. The van der Waals surface area contributed by atoms with Crippen LogP contribution in [0.5, 0.6) is 0 Å². The molecule has 0 atom stereocenters.